The summed E-state index contributed by atoms with van der Waals surface area (Å²) in [5.74, 6) is -1.27. The van der Waals surface area contributed by atoms with Gasteiger partial charge in [0.05, 0.1) is 23.0 Å². The molecule has 5 rings (SSSR count). The highest BCUT2D eigenvalue weighted by Gasteiger charge is 2.38. The Morgan fingerprint density at radius 3 is 2.65 bits per heavy atom. The van der Waals surface area contributed by atoms with Crippen molar-refractivity contribution in [3.8, 4) is 0 Å². The van der Waals surface area contributed by atoms with Gasteiger partial charge >= 0.3 is 0 Å². The maximum atomic E-state index is 14.6. The molecule has 198 valence electrons. The number of hydrogen-bond donors (Lipinski definition) is 4. The van der Waals surface area contributed by atoms with Crippen LogP contribution in [-0.2, 0) is 4.79 Å². The Morgan fingerprint density at radius 1 is 1.22 bits per heavy atom. The number of imidazole rings is 1. The van der Waals surface area contributed by atoms with E-state index in [1.807, 2.05) is 11.5 Å². The summed E-state index contributed by atoms with van der Waals surface area (Å²) in [6, 6.07) is 1.72. The lowest BCUT2D eigenvalue weighted by Crippen LogP contribution is -2.38. The molecule has 37 heavy (non-hydrogen) atoms. The fourth-order valence-electron chi connectivity index (χ4n) is 5.39. The van der Waals surface area contributed by atoms with Gasteiger partial charge in [0.15, 0.2) is 11.5 Å². The summed E-state index contributed by atoms with van der Waals surface area (Å²) in [6.45, 7) is 1.87. The number of carbonyl (C=O) groups is 1. The average Bonchev–Trinajstić information content (AvgIpc) is 3.19. The lowest BCUT2D eigenvalue weighted by molar-refractivity contribution is -0.128. The number of halogens is 3. The molecule has 3 aromatic rings. The molecule has 0 bridgehead atoms. The van der Waals surface area contributed by atoms with Crippen LogP contribution in [0, 0.1) is 17.0 Å². The SMILES string of the molecule is C[C@]1(C(N)=O)CC[C@@H](n2c(Nc3c(F)cc(F)cc3Cl)nc3cnc(N[C@H]4CCC[C@@H](O)C4)nc32)CC1. The average molecular weight is 534 g/mol. The van der Waals surface area contributed by atoms with Crippen molar-refractivity contribution in [2.75, 3.05) is 10.6 Å². The van der Waals surface area contributed by atoms with Crippen molar-refractivity contribution < 1.29 is 18.7 Å². The van der Waals surface area contributed by atoms with Crippen molar-refractivity contribution in [2.24, 2.45) is 11.1 Å². The number of hydrogen-bond acceptors (Lipinski definition) is 7. The minimum atomic E-state index is -0.849. The molecular formula is C25H30ClF2N7O2. The molecule has 1 amide bonds. The second kappa shape index (κ2) is 10.0. The van der Waals surface area contributed by atoms with Crippen LogP contribution in [0.1, 0.15) is 64.3 Å². The predicted molar refractivity (Wildman–Crippen MR) is 137 cm³/mol. The quantitative estimate of drug-likeness (QED) is 0.357. The van der Waals surface area contributed by atoms with Gasteiger partial charge in [0.25, 0.3) is 0 Å². The predicted octanol–water partition coefficient (Wildman–Crippen LogP) is 4.82. The molecule has 12 heteroatoms. The Hall–Kier alpha value is -3.05. The van der Waals surface area contributed by atoms with E-state index in [4.69, 9.17) is 22.3 Å². The van der Waals surface area contributed by atoms with Crippen LogP contribution in [0.4, 0.5) is 26.4 Å². The fourth-order valence-corrected chi connectivity index (χ4v) is 5.63. The van der Waals surface area contributed by atoms with Crippen LogP contribution in [0.25, 0.3) is 11.2 Å². The third-order valence-corrected chi connectivity index (χ3v) is 7.97. The van der Waals surface area contributed by atoms with E-state index in [1.165, 1.54) is 0 Å². The van der Waals surface area contributed by atoms with Gasteiger partial charge in [0, 0.05) is 23.6 Å². The van der Waals surface area contributed by atoms with Crippen molar-refractivity contribution in [1.29, 1.82) is 0 Å². The smallest absolute Gasteiger partial charge is 0.224 e. The van der Waals surface area contributed by atoms with Gasteiger partial charge in [-0.25, -0.2) is 18.7 Å². The number of primary amides is 1. The number of benzene rings is 1. The van der Waals surface area contributed by atoms with E-state index in [0.717, 1.165) is 31.4 Å². The van der Waals surface area contributed by atoms with Gasteiger partial charge in [-0.15, -0.1) is 0 Å². The van der Waals surface area contributed by atoms with Gasteiger partial charge in [0.2, 0.25) is 17.8 Å². The molecule has 9 nitrogen and oxygen atoms in total. The van der Waals surface area contributed by atoms with Crippen LogP contribution >= 0.6 is 11.6 Å². The number of aliphatic hydroxyl groups excluding tert-OH is 1. The van der Waals surface area contributed by atoms with Crippen LogP contribution in [0.5, 0.6) is 0 Å². The Balaban J connectivity index is 1.52. The number of anilines is 3. The summed E-state index contributed by atoms with van der Waals surface area (Å²) in [4.78, 5) is 25.8. The second-order valence-corrected chi connectivity index (χ2v) is 10.8. The van der Waals surface area contributed by atoms with Crippen LogP contribution in [0.2, 0.25) is 5.02 Å². The third kappa shape index (κ3) is 5.19. The molecule has 2 aliphatic rings. The Bertz CT molecular complexity index is 1300. The fraction of sp³-hybridized carbons (Fsp3) is 0.520. The van der Waals surface area contributed by atoms with Crippen molar-refractivity contribution in [3.63, 3.8) is 0 Å². The largest absolute Gasteiger partial charge is 0.393 e. The van der Waals surface area contributed by atoms with Gasteiger partial charge in [-0.05, 0) is 57.4 Å². The molecule has 0 spiro atoms. The van der Waals surface area contributed by atoms with E-state index in [1.54, 1.807) is 6.20 Å². The number of fused-ring (bicyclic) bond motifs is 1. The molecule has 2 fully saturated rings. The molecule has 5 N–H and O–H groups in total. The number of nitrogens with zero attached hydrogens (tertiary/aromatic N) is 4. The molecule has 0 radical (unpaired) electrons. The van der Waals surface area contributed by atoms with Crippen molar-refractivity contribution in [1.82, 2.24) is 19.5 Å². The zero-order valence-electron chi connectivity index (χ0n) is 20.5. The lowest BCUT2D eigenvalue weighted by Gasteiger charge is -2.35. The topological polar surface area (TPSA) is 131 Å². The Labute approximate surface area is 217 Å². The summed E-state index contributed by atoms with van der Waals surface area (Å²) in [5, 5.41) is 16.2. The first-order chi connectivity index (χ1) is 17.6. The van der Waals surface area contributed by atoms with Crippen molar-refractivity contribution in [3.05, 3.63) is 35.0 Å². The number of aromatic nitrogens is 4. The maximum Gasteiger partial charge on any atom is 0.224 e. The summed E-state index contributed by atoms with van der Waals surface area (Å²) < 4.78 is 30.1. The molecule has 0 saturated heterocycles. The molecule has 2 atom stereocenters. The number of aliphatic hydroxyl groups is 1. The van der Waals surface area contributed by atoms with E-state index in [2.05, 4.69) is 20.6 Å². The zero-order chi connectivity index (χ0) is 26.3. The molecule has 1 aromatic carbocycles. The highest BCUT2D eigenvalue weighted by Crippen LogP contribution is 2.43. The van der Waals surface area contributed by atoms with Crippen LogP contribution in [0.3, 0.4) is 0 Å². The number of rotatable bonds is 6. The molecule has 0 aliphatic heterocycles. The van der Waals surface area contributed by atoms with Crippen molar-refractivity contribution in [2.45, 2.75) is 76.5 Å². The number of carbonyl (C=O) groups excluding carboxylic acids is 1. The number of nitrogens with one attached hydrogen (secondary N) is 2. The van der Waals surface area contributed by atoms with Gasteiger partial charge < -0.3 is 21.5 Å². The van der Waals surface area contributed by atoms with E-state index >= 15 is 0 Å². The first-order valence-corrected chi connectivity index (χ1v) is 12.9. The highest BCUT2D eigenvalue weighted by atomic mass is 35.5. The monoisotopic (exact) mass is 533 g/mol. The standard InChI is InChI=1S/C25H30ClF2N7O2/c1-25(22(29)37)7-5-15(6-8-25)35-21-19(12-30-23(34-21)31-14-3-2-4-16(36)11-14)32-24(35)33-20-17(26)9-13(27)10-18(20)28/h9-10,12,14-16,36H,2-8,11H2,1H3,(H2,29,37)(H,32,33)(H,30,31,34)/t14-,15-,16+,25+/m0/s1. The van der Waals surface area contributed by atoms with Crippen molar-refractivity contribution >= 4 is 46.3 Å². The Kier molecular flexibility index (Phi) is 6.93. The summed E-state index contributed by atoms with van der Waals surface area (Å²) in [5.41, 5.74) is 5.97. The minimum Gasteiger partial charge on any atom is -0.393 e. The normalized spacial score (nSPS) is 26.2. The van der Waals surface area contributed by atoms with E-state index in [-0.39, 0.29) is 40.8 Å². The number of nitrogens with two attached hydrogens (primary N) is 1. The molecule has 2 heterocycles. The van der Waals surface area contributed by atoms with E-state index in [0.29, 0.717) is 49.2 Å². The van der Waals surface area contributed by atoms with E-state index < -0.39 is 17.0 Å². The lowest BCUT2D eigenvalue weighted by atomic mass is 9.73. The first-order valence-electron chi connectivity index (χ1n) is 12.5. The molecular weight excluding hydrogens is 504 g/mol. The zero-order valence-corrected chi connectivity index (χ0v) is 21.2. The number of amides is 1. The summed E-state index contributed by atoms with van der Waals surface area (Å²) in [6.07, 6.45) is 6.86. The molecule has 0 unspecified atom stereocenters. The second-order valence-electron chi connectivity index (χ2n) is 10.4. The molecule has 2 aliphatic carbocycles. The molecule has 2 saturated carbocycles. The highest BCUT2D eigenvalue weighted by molar-refractivity contribution is 6.33. The van der Waals surface area contributed by atoms with Gasteiger partial charge in [-0.2, -0.15) is 4.98 Å². The van der Waals surface area contributed by atoms with E-state index in [9.17, 15) is 18.7 Å². The minimum absolute atomic E-state index is 0.0493. The van der Waals surface area contributed by atoms with Gasteiger partial charge in [-0.3, -0.25) is 9.36 Å². The van der Waals surface area contributed by atoms with Gasteiger partial charge in [0.1, 0.15) is 11.3 Å². The van der Waals surface area contributed by atoms with Gasteiger partial charge in [-0.1, -0.05) is 18.5 Å². The molecule has 2 aromatic heterocycles. The summed E-state index contributed by atoms with van der Waals surface area (Å²) in [7, 11) is 0. The van der Waals surface area contributed by atoms with Crippen LogP contribution < -0.4 is 16.4 Å². The third-order valence-electron chi connectivity index (χ3n) is 7.67. The Morgan fingerprint density at radius 2 is 1.97 bits per heavy atom. The summed E-state index contributed by atoms with van der Waals surface area (Å²) >= 11 is 6.15. The first kappa shape index (κ1) is 25.6. The maximum absolute atomic E-state index is 14.6. The van der Waals surface area contributed by atoms with Crippen LogP contribution in [-0.4, -0.2) is 42.7 Å². The van der Waals surface area contributed by atoms with Crippen LogP contribution in [0.15, 0.2) is 18.3 Å².